The molecule has 3 aromatic rings. The molecule has 150 valence electrons. The summed E-state index contributed by atoms with van der Waals surface area (Å²) in [5.74, 6) is 0.265. The molecule has 29 heavy (non-hydrogen) atoms. The van der Waals surface area contributed by atoms with Crippen LogP contribution in [0, 0.1) is 6.92 Å². The number of rotatable bonds is 6. The predicted octanol–water partition coefficient (Wildman–Crippen LogP) is 4.71. The van der Waals surface area contributed by atoms with E-state index in [4.69, 9.17) is 16.3 Å². The smallest absolute Gasteiger partial charge is 0.261 e. The molecule has 0 atom stereocenters. The van der Waals surface area contributed by atoms with E-state index in [0.29, 0.717) is 27.7 Å². The molecule has 0 heterocycles. The fourth-order valence-corrected chi connectivity index (χ4v) is 3.81. The zero-order valence-corrected chi connectivity index (χ0v) is 17.3. The van der Waals surface area contributed by atoms with Crippen LogP contribution < -0.4 is 14.8 Å². The SMILES string of the molecule is COc1ccc(NS(=O)(=O)c2ccc(C(=O)Nc3cc(Cl)ccc3C)cc2)cc1. The van der Waals surface area contributed by atoms with Crippen molar-refractivity contribution in [2.45, 2.75) is 11.8 Å². The summed E-state index contributed by atoms with van der Waals surface area (Å²) in [4.78, 5) is 12.5. The van der Waals surface area contributed by atoms with Gasteiger partial charge in [-0.2, -0.15) is 0 Å². The fraction of sp³-hybridized carbons (Fsp3) is 0.0952. The number of hydrogen-bond acceptors (Lipinski definition) is 4. The fourth-order valence-electron chi connectivity index (χ4n) is 2.58. The van der Waals surface area contributed by atoms with E-state index in [1.165, 1.54) is 31.4 Å². The largest absolute Gasteiger partial charge is 0.497 e. The first-order valence-electron chi connectivity index (χ1n) is 8.63. The van der Waals surface area contributed by atoms with Crippen molar-refractivity contribution in [2.75, 3.05) is 17.1 Å². The number of ether oxygens (including phenoxy) is 1. The third kappa shape index (κ3) is 5.07. The van der Waals surface area contributed by atoms with Crippen LogP contribution in [0.1, 0.15) is 15.9 Å². The quantitative estimate of drug-likeness (QED) is 0.593. The second-order valence-electron chi connectivity index (χ2n) is 6.27. The molecule has 0 bridgehead atoms. The van der Waals surface area contributed by atoms with Gasteiger partial charge >= 0.3 is 0 Å². The van der Waals surface area contributed by atoms with Crippen molar-refractivity contribution in [3.8, 4) is 5.75 Å². The number of benzene rings is 3. The third-order valence-corrected chi connectivity index (χ3v) is 5.85. The Morgan fingerprint density at radius 2 is 1.62 bits per heavy atom. The summed E-state index contributed by atoms with van der Waals surface area (Å²) < 4.78 is 32.6. The Bertz CT molecular complexity index is 1130. The van der Waals surface area contributed by atoms with Gasteiger partial charge in [-0.15, -0.1) is 0 Å². The lowest BCUT2D eigenvalue weighted by Crippen LogP contribution is -2.15. The highest BCUT2D eigenvalue weighted by atomic mass is 35.5. The molecule has 0 aliphatic carbocycles. The summed E-state index contributed by atoms with van der Waals surface area (Å²) in [6, 6.07) is 17.4. The summed E-state index contributed by atoms with van der Waals surface area (Å²) in [7, 11) is -2.25. The lowest BCUT2D eigenvalue weighted by Gasteiger charge is -2.11. The molecule has 0 radical (unpaired) electrons. The first kappa shape index (κ1) is 20.7. The topological polar surface area (TPSA) is 84.5 Å². The van der Waals surface area contributed by atoms with Crippen molar-refractivity contribution in [3.05, 3.63) is 82.9 Å². The highest BCUT2D eigenvalue weighted by Crippen LogP contribution is 2.22. The standard InChI is InChI=1S/C21H19ClN2O4S/c1-14-3-6-16(22)13-20(14)23-21(25)15-4-11-19(12-5-15)29(26,27)24-17-7-9-18(28-2)10-8-17/h3-13,24H,1-2H3,(H,23,25). The van der Waals surface area contributed by atoms with Crippen molar-refractivity contribution in [1.29, 1.82) is 0 Å². The second-order valence-corrected chi connectivity index (χ2v) is 8.39. The Morgan fingerprint density at radius 3 is 2.24 bits per heavy atom. The normalized spacial score (nSPS) is 11.0. The van der Waals surface area contributed by atoms with Gasteiger partial charge in [0.25, 0.3) is 15.9 Å². The van der Waals surface area contributed by atoms with Gasteiger partial charge in [-0.1, -0.05) is 17.7 Å². The molecule has 0 fully saturated rings. The number of carbonyl (C=O) groups is 1. The van der Waals surface area contributed by atoms with Gasteiger partial charge in [-0.05, 0) is 73.2 Å². The van der Waals surface area contributed by atoms with Gasteiger partial charge < -0.3 is 10.1 Å². The van der Waals surface area contributed by atoms with Crippen LogP contribution in [0.4, 0.5) is 11.4 Å². The minimum absolute atomic E-state index is 0.0452. The summed E-state index contributed by atoms with van der Waals surface area (Å²) in [6.45, 7) is 1.85. The first-order valence-corrected chi connectivity index (χ1v) is 10.5. The van der Waals surface area contributed by atoms with Gasteiger partial charge in [0, 0.05) is 22.0 Å². The van der Waals surface area contributed by atoms with E-state index in [1.807, 2.05) is 6.92 Å². The van der Waals surface area contributed by atoms with Crippen molar-refractivity contribution in [1.82, 2.24) is 0 Å². The maximum Gasteiger partial charge on any atom is 0.261 e. The number of anilines is 2. The highest BCUT2D eigenvalue weighted by molar-refractivity contribution is 7.92. The van der Waals surface area contributed by atoms with Gasteiger partial charge in [-0.3, -0.25) is 9.52 Å². The van der Waals surface area contributed by atoms with Crippen LogP contribution in [0.25, 0.3) is 0 Å². The number of hydrogen-bond donors (Lipinski definition) is 2. The molecule has 0 aliphatic heterocycles. The molecule has 0 aliphatic rings. The number of amides is 1. The Labute approximate surface area is 174 Å². The summed E-state index contributed by atoms with van der Waals surface area (Å²) in [6.07, 6.45) is 0. The lowest BCUT2D eigenvalue weighted by molar-refractivity contribution is 0.102. The minimum Gasteiger partial charge on any atom is -0.497 e. The van der Waals surface area contributed by atoms with E-state index < -0.39 is 10.0 Å². The monoisotopic (exact) mass is 430 g/mol. The summed E-state index contributed by atoms with van der Waals surface area (Å²) in [5, 5.41) is 3.29. The van der Waals surface area contributed by atoms with Crippen molar-refractivity contribution >= 4 is 38.9 Å². The van der Waals surface area contributed by atoms with Gasteiger partial charge in [-0.25, -0.2) is 8.42 Å². The summed E-state index contributed by atoms with van der Waals surface area (Å²) in [5.41, 5.74) is 2.20. The number of aryl methyl sites for hydroxylation is 1. The van der Waals surface area contributed by atoms with E-state index in [1.54, 1.807) is 42.5 Å². The van der Waals surface area contributed by atoms with E-state index >= 15 is 0 Å². The molecule has 3 rings (SSSR count). The van der Waals surface area contributed by atoms with Crippen LogP contribution in [0.2, 0.25) is 5.02 Å². The van der Waals surface area contributed by atoms with Crippen LogP contribution in [-0.4, -0.2) is 21.4 Å². The highest BCUT2D eigenvalue weighted by Gasteiger charge is 2.16. The molecule has 6 nitrogen and oxygen atoms in total. The molecule has 0 unspecified atom stereocenters. The van der Waals surface area contributed by atoms with Crippen LogP contribution in [0.3, 0.4) is 0 Å². The molecule has 0 spiro atoms. The van der Waals surface area contributed by atoms with Gasteiger partial charge in [0.1, 0.15) is 5.75 Å². The lowest BCUT2D eigenvalue weighted by atomic mass is 10.1. The number of methoxy groups -OCH3 is 1. The average molecular weight is 431 g/mol. The third-order valence-electron chi connectivity index (χ3n) is 4.22. The zero-order chi connectivity index (χ0) is 21.0. The first-order chi connectivity index (χ1) is 13.8. The molecule has 0 aromatic heterocycles. The molecule has 2 N–H and O–H groups in total. The van der Waals surface area contributed by atoms with Crippen LogP contribution in [0.5, 0.6) is 5.75 Å². The summed E-state index contributed by atoms with van der Waals surface area (Å²) >= 11 is 5.97. The second kappa shape index (κ2) is 8.55. The van der Waals surface area contributed by atoms with Crippen LogP contribution >= 0.6 is 11.6 Å². The van der Waals surface area contributed by atoms with E-state index in [0.717, 1.165) is 5.56 Å². The molecule has 8 heteroatoms. The van der Waals surface area contributed by atoms with E-state index in [9.17, 15) is 13.2 Å². The zero-order valence-electron chi connectivity index (χ0n) is 15.8. The molecule has 0 saturated carbocycles. The van der Waals surface area contributed by atoms with Crippen LogP contribution in [-0.2, 0) is 10.0 Å². The molecule has 0 saturated heterocycles. The van der Waals surface area contributed by atoms with Gasteiger partial charge in [0.15, 0.2) is 0 Å². The number of halogens is 1. The Balaban J connectivity index is 1.74. The predicted molar refractivity (Wildman–Crippen MR) is 114 cm³/mol. The molecule has 1 amide bonds. The molecular formula is C21H19ClN2O4S. The average Bonchev–Trinajstić information content (AvgIpc) is 2.71. The Kier molecular flexibility index (Phi) is 6.10. The molecule has 3 aromatic carbocycles. The van der Waals surface area contributed by atoms with Gasteiger partial charge in [0.2, 0.25) is 0 Å². The number of carbonyl (C=O) groups excluding carboxylic acids is 1. The maximum absolute atomic E-state index is 12.6. The van der Waals surface area contributed by atoms with E-state index in [2.05, 4.69) is 10.0 Å². The van der Waals surface area contributed by atoms with Crippen molar-refractivity contribution in [2.24, 2.45) is 0 Å². The van der Waals surface area contributed by atoms with Crippen molar-refractivity contribution < 1.29 is 17.9 Å². The van der Waals surface area contributed by atoms with Crippen molar-refractivity contribution in [3.63, 3.8) is 0 Å². The minimum atomic E-state index is -3.79. The molecular weight excluding hydrogens is 412 g/mol. The van der Waals surface area contributed by atoms with Gasteiger partial charge in [0.05, 0.1) is 12.0 Å². The maximum atomic E-state index is 12.6. The number of nitrogens with one attached hydrogen (secondary N) is 2. The van der Waals surface area contributed by atoms with Crippen LogP contribution in [0.15, 0.2) is 71.6 Å². The number of sulfonamides is 1. The Morgan fingerprint density at radius 1 is 0.966 bits per heavy atom. The van der Waals surface area contributed by atoms with E-state index in [-0.39, 0.29) is 10.8 Å². The Hall–Kier alpha value is -3.03.